The van der Waals surface area contributed by atoms with Gasteiger partial charge in [-0.25, -0.2) is 0 Å². The van der Waals surface area contributed by atoms with E-state index in [4.69, 9.17) is 11.5 Å². The zero-order chi connectivity index (χ0) is 11.8. The van der Waals surface area contributed by atoms with Gasteiger partial charge in [-0.1, -0.05) is 0 Å². The first-order valence-corrected chi connectivity index (χ1v) is 6.31. The van der Waals surface area contributed by atoms with Crippen LogP contribution in [0.4, 0.5) is 0 Å². The summed E-state index contributed by atoms with van der Waals surface area (Å²) >= 11 is 0. The molecular weight excluding hydrogens is 202 g/mol. The lowest BCUT2D eigenvalue weighted by Crippen LogP contribution is -2.41. The lowest BCUT2D eigenvalue weighted by Gasteiger charge is -2.25. The highest BCUT2D eigenvalue weighted by atomic mass is 16.2. The minimum absolute atomic E-state index is 0.105. The number of likely N-dealkylation sites (tertiary alicyclic amines) is 1. The van der Waals surface area contributed by atoms with E-state index in [0.717, 1.165) is 26.1 Å². The van der Waals surface area contributed by atoms with Gasteiger partial charge in [0.05, 0.1) is 6.04 Å². The highest BCUT2D eigenvalue weighted by molar-refractivity contribution is 5.81. The van der Waals surface area contributed by atoms with Gasteiger partial charge in [-0.15, -0.1) is 0 Å². The van der Waals surface area contributed by atoms with Crippen LogP contribution in [0.3, 0.4) is 0 Å². The number of carbonyl (C=O) groups is 1. The first kappa shape index (κ1) is 11.9. The Morgan fingerprint density at radius 3 is 2.88 bits per heavy atom. The standard InChI is InChI=1S/C12H23N3O/c1-9(14)11(16)15-5-4-12(8-15)3-2-10(6-12)7-13/h9-10H,2-8,13-14H2,1H3/t9-,10-,12-/m0/s1. The summed E-state index contributed by atoms with van der Waals surface area (Å²) in [5.41, 5.74) is 11.7. The van der Waals surface area contributed by atoms with Gasteiger partial charge < -0.3 is 16.4 Å². The fraction of sp³-hybridized carbons (Fsp3) is 0.917. The van der Waals surface area contributed by atoms with Crippen molar-refractivity contribution >= 4 is 5.91 Å². The van der Waals surface area contributed by atoms with Crippen LogP contribution in [-0.4, -0.2) is 36.5 Å². The Hall–Kier alpha value is -0.610. The van der Waals surface area contributed by atoms with Gasteiger partial charge in [-0.05, 0) is 50.5 Å². The average Bonchev–Trinajstić information content (AvgIpc) is 2.85. The van der Waals surface area contributed by atoms with Crippen LogP contribution in [-0.2, 0) is 4.79 Å². The summed E-state index contributed by atoms with van der Waals surface area (Å²) in [5.74, 6) is 0.776. The van der Waals surface area contributed by atoms with E-state index in [1.807, 2.05) is 4.90 Å². The predicted octanol–water partition coefficient (Wildman–Crippen LogP) is 0.311. The third-order valence-electron chi connectivity index (χ3n) is 4.28. The van der Waals surface area contributed by atoms with E-state index < -0.39 is 0 Å². The monoisotopic (exact) mass is 225 g/mol. The van der Waals surface area contributed by atoms with Crippen LogP contribution in [0.15, 0.2) is 0 Å². The van der Waals surface area contributed by atoms with E-state index in [2.05, 4.69) is 0 Å². The molecule has 2 aliphatic rings. The third-order valence-corrected chi connectivity index (χ3v) is 4.28. The molecule has 4 heteroatoms. The van der Waals surface area contributed by atoms with Gasteiger partial charge in [0, 0.05) is 13.1 Å². The van der Waals surface area contributed by atoms with Crippen molar-refractivity contribution in [3.8, 4) is 0 Å². The Kier molecular flexibility index (Phi) is 3.22. The molecule has 16 heavy (non-hydrogen) atoms. The van der Waals surface area contributed by atoms with Crippen molar-refractivity contribution in [2.24, 2.45) is 22.8 Å². The van der Waals surface area contributed by atoms with Crippen molar-refractivity contribution in [1.29, 1.82) is 0 Å². The molecule has 4 nitrogen and oxygen atoms in total. The molecule has 2 fully saturated rings. The van der Waals surface area contributed by atoms with Gasteiger partial charge in [0.1, 0.15) is 0 Å². The normalized spacial score (nSPS) is 35.9. The lowest BCUT2D eigenvalue weighted by atomic mass is 9.84. The fourth-order valence-electron chi connectivity index (χ4n) is 3.31. The molecule has 1 aliphatic heterocycles. The number of nitrogens with two attached hydrogens (primary N) is 2. The maximum absolute atomic E-state index is 11.8. The molecule has 0 aromatic heterocycles. The van der Waals surface area contributed by atoms with Crippen molar-refractivity contribution in [3.63, 3.8) is 0 Å². The Morgan fingerprint density at radius 2 is 2.31 bits per heavy atom. The van der Waals surface area contributed by atoms with Crippen LogP contribution in [0, 0.1) is 11.3 Å². The van der Waals surface area contributed by atoms with Gasteiger partial charge in [-0.2, -0.15) is 0 Å². The molecule has 4 N–H and O–H groups in total. The Balaban J connectivity index is 1.95. The minimum Gasteiger partial charge on any atom is -0.341 e. The van der Waals surface area contributed by atoms with Crippen molar-refractivity contribution < 1.29 is 4.79 Å². The summed E-state index contributed by atoms with van der Waals surface area (Å²) in [5, 5.41) is 0. The van der Waals surface area contributed by atoms with Crippen molar-refractivity contribution in [1.82, 2.24) is 4.90 Å². The number of hydrogen-bond donors (Lipinski definition) is 2. The van der Waals surface area contributed by atoms with Crippen LogP contribution in [0.25, 0.3) is 0 Å². The van der Waals surface area contributed by atoms with Crippen LogP contribution in [0.5, 0.6) is 0 Å². The predicted molar refractivity (Wildman–Crippen MR) is 63.7 cm³/mol. The maximum Gasteiger partial charge on any atom is 0.239 e. The molecule has 1 saturated carbocycles. The molecule has 1 saturated heterocycles. The van der Waals surface area contributed by atoms with Gasteiger partial charge in [0.15, 0.2) is 0 Å². The van der Waals surface area contributed by atoms with Crippen LogP contribution in [0.2, 0.25) is 0 Å². The highest BCUT2D eigenvalue weighted by Gasteiger charge is 2.44. The summed E-state index contributed by atoms with van der Waals surface area (Å²) in [6.07, 6.45) is 4.81. The van der Waals surface area contributed by atoms with Crippen molar-refractivity contribution in [2.75, 3.05) is 19.6 Å². The number of amides is 1. The Morgan fingerprint density at radius 1 is 1.56 bits per heavy atom. The molecule has 1 amide bonds. The molecule has 0 bridgehead atoms. The lowest BCUT2D eigenvalue weighted by molar-refractivity contribution is -0.131. The molecular formula is C12H23N3O. The second-order valence-electron chi connectivity index (χ2n) is 5.64. The molecule has 92 valence electrons. The Labute approximate surface area is 97.3 Å². The van der Waals surface area contributed by atoms with Crippen LogP contribution in [0.1, 0.15) is 32.6 Å². The molecule has 0 unspecified atom stereocenters. The molecule has 1 heterocycles. The van der Waals surface area contributed by atoms with E-state index in [0.29, 0.717) is 11.3 Å². The summed E-state index contributed by atoms with van der Waals surface area (Å²) in [4.78, 5) is 13.8. The molecule has 1 spiro atoms. The SMILES string of the molecule is C[C@H](N)C(=O)N1CC[C@]2(CC[C@H](CN)C2)C1. The zero-order valence-corrected chi connectivity index (χ0v) is 10.1. The molecule has 0 aromatic carbocycles. The Bertz CT molecular complexity index is 279. The number of carbonyl (C=O) groups excluding carboxylic acids is 1. The van der Waals surface area contributed by atoms with E-state index in [-0.39, 0.29) is 11.9 Å². The summed E-state index contributed by atoms with van der Waals surface area (Å²) in [6.45, 7) is 4.36. The number of hydrogen-bond acceptors (Lipinski definition) is 3. The topological polar surface area (TPSA) is 72.4 Å². The molecule has 2 rings (SSSR count). The van der Waals surface area contributed by atoms with Gasteiger partial charge in [0.25, 0.3) is 0 Å². The second-order valence-corrected chi connectivity index (χ2v) is 5.64. The molecule has 0 radical (unpaired) electrons. The van der Waals surface area contributed by atoms with Gasteiger partial charge >= 0.3 is 0 Å². The van der Waals surface area contributed by atoms with Crippen LogP contribution < -0.4 is 11.5 Å². The first-order valence-electron chi connectivity index (χ1n) is 6.31. The molecule has 3 atom stereocenters. The zero-order valence-electron chi connectivity index (χ0n) is 10.1. The number of nitrogens with zero attached hydrogens (tertiary/aromatic N) is 1. The molecule has 0 aromatic rings. The maximum atomic E-state index is 11.8. The van der Waals surface area contributed by atoms with Crippen molar-refractivity contribution in [3.05, 3.63) is 0 Å². The number of rotatable bonds is 2. The third kappa shape index (κ3) is 2.09. The highest BCUT2D eigenvalue weighted by Crippen LogP contribution is 2.47. The van der Waals surface area contributed by atoms with Crippen LogP contribution >= 0.6 is 0 Å². The fourth-order valence-corrected chi connectivity index (χ4v) is 3.31. The minimum atomic E-state index is -0.359. The largest absolute Gasteiger partial charge is 0.341 e. The second kappa shape index (κ2) is 4.34. The van der Waals surface area contributed by atoms with E-state index in [1.165, 1.54) is 19.3 Å². The first-order chi connectivity index (χ1) is 7.56. The van der Waals surface area contributed by atoms with Crippen molar-refractivity contribution in [2.45, 2.75) is 38.6 Å². The van der Waals surface area contributed by atoms with E-state index >= 15 is 0 Å². The quantitative estimate of drug-likeness (QED) is 0.710. The average molecular weight is 225 g/mol. The summed E-state index contributed by atoms with van der Waals surface area (Å²) < 4.78 is 0. The summed E-state index contributed by atoms with van der Waals surface area (Å²) in [7, 11) is 0. The smallest absolute Gasteiger partial charge is 0.239 e. The molecule has 1 aliphatic carbocycles. The summed E-state index contributed by atoms with van der Waals surface area (Å²) in [6, 6.07) is -0.359. The van der Waals surface area contributed by atoms with Gasteiger partial charge in [-0.3, -0.25) is 4.79 Å². The van der Waals surface area contributed by atoms with E-state index in [9.17, 15) is 4.79 Å². The van der Waals surface area contributed by atoms with Gasteiger partial charge in [0.2, 0.25) is 5.91 Å². The van der Waals surface area contributed by atoms with E-state index in [1.54, 1.807) is 6.92 Å².